The van der Waals surface area contributed by atoms with Crippen LogP contribution in [0.2, 0.25) is 0 Å². The van der Waals surface area contributed by atoms with E-state index in [9.17, 15) is 9.90 Å². The molecule has 0 aromatic heterocycles. The molecule has 1 aliphatic rings. The van der Waals surface area contributed by atoms with Crippen LogP contribution in [0.25, 0.3) is 0 Å². The van der Waals surface area contributed by atoms with Crippen molar-refractivity contribution < 1.29 is 14.6 Å². The number of hydrogen-bond acceptors (Lipinski definition) is 3. The summed E-state index contributed by atoms with van der Waals surface area (Å²) in [5.74, 6) is -0.0437. The molecule has 4 nitrogen and oxygen atoms in total. The monoisotopic (exact) mass is 249 g/mol. The second-order valence-corrected chi connectivity index (χ2v) is 5.08. The van der Waals surface area contributed by atoms with Crippen molar-refractivity contribution >= 4 is 5.91 Å². The Morgan fingerprint density at radius 2 is 2.22 bits per heavy atom. The number of aliphatic hydroxyl groups excluding tert-OH is 1. The zero-order valence-corrected chi connectivity index (χ0v) is 10.8. The predicted octanol–water partition coefficient (Wildman–Crippen LogP) is 0.962. The lowest BCUT2D eigenvalue weighted by Gasteiger charge is -2.40. The summed E-state index contributed by atoms with van der Waals surface area (Å²) in [6.45, 7) is 3.08. The molecule has 0 spiro atoms. The molecule has 2 rings (SSSR count). The molecule has 0 bridgehead atoms. The third-order valence-corrected chi connectivity index (χ3v) is 3.36. The Morgan fingerprint density at radius 1 is 1.50 bits per heavy atom. The fraction of sp³-hybridized carbons (Fsp3) is 0.500. The molecule has 1 aliphatic heterocycles. The third kappa shape index (κ3) is 2.40. The van der Waals surface area contributed by atoms with Crippen molar-refractivity contribution in [2.45, 2.75) is 13.5 Å². The minimum Gasteiger partial charge on any atom is -0.395 e. The van der Waals surface area contributed by atoms with Crippen molar-refractivity contribution in [1.29, 1.82) is 0 Å². The molecule has 1 N–H and O–H groups in total. The van der Waals surface area contributed by atoms with Crippen molar-refractivity contribution in [3.05, 3.63) is 35.4 Å². The van der Waals surface area contributed by atoms with Crippen LogP contribution >= 0.6 is 0 Å². The van der Waals surface area contributed by atoms with Gasteiger partial charge in [0.1, 0.15) is 5.41 Å². The van der Waals surface area contributed by atoms with Crippen molar-refractivity contribution in [3.63, 3.8) is 0 Å². The average molecular weight is 249 g/mol. The molecule has 1 aromatic rings. The molecule has 4 heteroatoms. The van der Waals surface area contributed by atoms with Gasteiger partial charge in [-0.3, -0.25) is 4.79 Å². The fourth-order valence-corrected chi connectivity index (χ4v) is 2.19. The van der Waals surface area contributed by atoms with Crippen molar-refractivity contribution in [1.82, 2.24) is 4.90 Å². The fourth-order valence-electron chi connectivity index (χ4n) is 2.19. The maximum Gasteiger partial charge on any atom is 0.235 e. The Labute approximate surface area is 107 Å². The van der Waals surface area contributed by atoms with Gasteiger partial charge in [0.25, 0.3) is 0 Å². The first-order valence-electron chi connectivity index (χ1n) is 6.07. The standard InChI is InChI=1S/C14H19NO3/c1-11-4-3-5-12(6-11)7-15(2)13(17)14(8-16)9-18-10-14/h3-6,16H,7-10H2,1-2H3. The SMILES string of the molecule is Cc1cccc(CN(C)C(=O)C2(CO)COC2)c1. The molecular formula is C14H19NO3. The Morgan fingerprint density at radius 3 is 2.72 bits per heavy atom. The van der Waals surface area contributed by atoms with Crippen LogP contribution in [0.4, 0.5) is 0 Å². The van der Waals surface area contributed by atoms with Crippen LogP contribution in [0.5, 0.6) is 0 Å². The van der Waals surface area contributed by atoms with E-state index in [1.54, 1.807) is 11.9 Å². The summed E-state index contributed by atoms with van der Waals surface area (Å²) in [6.07, 6.45) is 0. The Hall–Kier alpha value is -1.39. The smallest absolute Gasteiger partial charge is 0.235 e. The number of carbonyl (C=O) groups is 1. The summed E-state index contributed by atoms with van der Waals surface area (Å²) >= 11 is 0. The number of aryl methyl sites for hydroxylation is 1. The quantitative estimate of drug-likeness (QED) is 0.864. The van der Waals surface area contributed by atoms with Gasteiger partial charge in [-0.1, -0.05) is 29.8 Å². The first-order valence-corrected chi connectivity index (χ1v) is 6.07. The van der Waals surface area contributed by atoms with Crippen LogP contribution in [-0.2, 0) is 16.1 Å². The van der Waals surface area contributed by atoms with E-state index < -0.39 is 5.41 Å². The number of ether oxygens (including phenoxy) is 1. The Kier molecular flexibility index (Phi) is 3.68. The van der Waals surface area contributed by atoms with Crippen LogP contribution in [0.15, 0.2) is 24.3 Å². The third-order valence-electron chi connectivity index (χ3n) is 3.36. The van der Waals surface area contributed by atoms with E-state index in [2.05, 4.69) is 6.07 Å². The summed E-state index contributed by atoms with van der Waals surface area (Å²) in [6, 6.07) is 8.07. The minimum atomic E-state index is -0.710. The van der Waals surface area contributed by atoms with E-state index in [-0.39, 0.29) is 12.5 Å². The van der Waals surface area contributed by atoms with E-state index in [4.69, 9.17) is 4.74 Å². The van der Waals surface area contributed by atoms with Gasteiger partial charge < -0.3 is 14.7 Å². The number of carbonyl (C=O) groups excluding carboxylic acids is 1. The minimum absolute atomic E-state index is 0.0437. The highest BCUT2D eigenvalue weighted by atomic mass is 16.5. The van der Waals surface area contributed by atoms with Crippen molar-refractivity contribution in [2.75, 3.05) is 26.9 Å². The largest absolute Gasteiger partial charge is 0.395 e. The predicted molar refractivity (Wildman–Crippen MR) is 68.0 cm³/mol. The molecule has 98 valence electrons. The van der Waals surface area contributed by atoms with E-state index >= 15 is 0 Å². The Bertz CT molecular complexity index is 435. The van der Waals surface area contributed by atoms with Gasteiger partial charge in [-0.2, -0.15) is 0 Å². The summed E-state index contributed by atoms with van der Waals surface area (Å²) in [7, 11) is 1.76. The molecule has 0 radical (unpaired) electrons. The molecule has 0 unspecified atom stereocenters. The van der Waals surface area contributed by atoms with E-state index in [1.807, 2.05) is 25.1 Å². The summed E-state index contributed by atoms with van der Waals surface area (Å²) in [4.78, 5) is 13.9. The van der Waals surface area contributed by atoms with E-state index in [1.165, 1.54) is 5.56 Å². The molecule has 0 atom stereocenters. The lowest BCUT2D eigenvalue weighted by Crippen LogP contribution is -2.56. The van der Waals surface area contributed by atoms with Gasteiger partial charge >= 0.3 is 0 Å². The normalized spacial score (nSPS) is 17.1. The zero-order valence-electron chi connectivity index (χ0n) is 10.8. The summed E-state index contributed by atoms with van der Waals surface area (Å²) in [5.41, 5.74) is 1.56. The van der Waals surface area contributed by atoms with E-state index in [0.29, 0.717) is 19.8 Å². The first kappa shape index (κ1) is 13.1. The second-order valence-electron chi connectivity index (χ2n) is 5.08. The number of hydrogen-bond donors (Lipinski definition) is 1. The molecule has 0 aliphatic carbocycles. The summed E-state index contributed by atoms with van der Waals surface area (Å²) < 4.78 is 5.06. The zero-order chi connectivity index (χ0) is 13.2. The van der Waals surface area contributed by atoms with Crippen LogP contribution in [0.3, 0.4) is 0 Å². The molecule has 1 fully saturated rings. The number of benzene rings is 1. The number of aliphatic hydroxyl groups is 1. The second kappa shape index (κ2) is 5.08. The van der Waals surface area contributed by atoms with Crippen LogP contribution < -0.4 is 0 Å². The van der Waals surface area contributed by atoms with Crippen LogP contribution in [0, 0.1) is 12.3 Å². The molecule has 1 saturated heterocycles. The molecular weight excluding hydrogens is 230 g/mol. The number of amides is 1. The lowest BCUT2D eigenvalue weighted by molar-refractivity contribution is -0.179. The van der Waals surface area contributed by atoms with Gasteiger partial charge in [0, 0.05) is 13.6 Å². The Balaban J connectivity index is 2.03. The number of rotatable bonds is 4. The van der Waals surface area contributed by atoms with E-state index in [0.717, 1.165) is 5.56 Å². The van der Waals surface area contributed by atoms with Crippen molar-refractivity contribution in [2.24, 2.45) is 5.41 Å². The van der Waals surface area contributed by atoms with Gasteiger partial charge in [-0.25, -0.2) is 0 Å². The highest BCUT2D eigenvalue weighted by Crippen LogP contribution is 2.29. The van der Waals surface area contributed by atoms with Gasteiger partial charge in [-0.05, 0) is 12.5 Å². The van der Waals surface area contributed by atoms with Gasteiger partial charge in [0.2, 0.25) is 5.91 Å². The van der Waals surface area contributed by atoms with Crippen molar-refractivity contribution in [3.8, 4) is 0 Å². The highest BCUT2D eigenvalue weighted by molar-refractivity contribution is 5.83. The molecule has 1 amide bonds. The molecule has 18 heavy (non-hydrogen) atoms. The maximum absolute atomic E-state index is 12.3. The van der Waals surface area contributed by atoms with Crippen LogP contribution in [-0.4, -0.2) is 42.8 Å². The molecule has 1 heterocycles. The van der Waals surface area contributed by atoms with Gasteiger partial charge in [-0.15, -0.1) is 0 Å². The van der Waals surface area contributed by atoms with Gasteiger partial charge in [0.05, 0.1) is 19.8 Å². The lowest BCUT2D eigenvalue weighted by atomic mass is 9.85. The van der Waals surface area contributed by atoms with Gasteiger partial charge in [0.15, 0.2) is 0 Å². The van der Waals surface area contributed by atoms with Crippen LogP contribution in [0.1, 0.15) is 11.1 Å². The molecule has 0 saturated carbocycles. The first-order chi connectivity index (χ1) is 8.57. The number of nitrogens with zero attached hydrogens (tertiary/aromatic N) is 1. The average Bonchev–Trinajstić information content (AvgIpc) is 2.28. The topological polar surface area (TPSA) is 49.8 Å². The molecule has 1 aromatic carbocycles. The highest BCUT2D eigenvalue weighted by Gasteiger charge is 2.46. The maximum atomic E-state index is 12.3. The summed E-state index contributed by atoms with van der Waals surface area (Å²) in [5, 5.41) is 9.34.